The number of hydrogen-bond donors (Lipinski definition) is 1. The van der Waals surface area contributed by atoms with Crippen LogP contribution in [0.15, 0.2) is 28.7 Å². The molecule has 4 nitrogen and oxygen atoms in total. The minimum atomic E-state index is 0.0652. The molecule has 0 spiro atoms. The number of carbonyl (C=O) groups excluding carboxylic acids is 1. The smallest absolute Gasteiger partial charge is 0.239 e. The quantitative estimate of drug-likeness (QED) is 0.893. The van der Waals surface area contributed by atoms with Gasteiger partial charge < -0.3 is 10.2 Å². The van der Waals surface area contributed by atoms with Crippen LogP contribution in [0.5, 0.6) is 0 Å². The van der Waals surface area contributed by atoms with Crippen molar-refractivity contribution in [1.82, 2.24) is 15.1 Å². The number of piperazine rings is 1. The summed E-state index contributed by atoms with van der Waals surface area (Å²) in [6, 6.07) is 9.00. The molecule has 2 saturated heterocycles. The molecule has 0 bridgehead atoms. The average molecular weight is 366 g/mol. The Kier molecular flexibility index (Phi) is 5.16. The number of hydrogen-bond acceptors (Lipinski definition) is 3. The van der Waals surface area contributed by atoms with Crippen molar-refractivity contribution in [3.05, 3.63) is 34.3 Å². The van der Waals surface area contributed by atoms with E-state index < -0.39 is 0 Å². The molecule has 0 radical (unpaired) electrons. The number of carbonyl (C=O) groups is 1. The molecule has 1 amide bonds. The molecule has 1 aromatic rings. The van der Waals surface area contributed by atoms with Gasteiger partial charge in [-0.2, -0.15) is 0 Å². The van der Waals surface area contributed by atoms with Crippen LogP contribution in [0, 0.1) is 0 Å². The first-order chi connectivity index (χ1) is 10.6. The molecule has 5 heteroatoms. The highest BCUT2D eigenvalue weighted by Crippen LogP contribution is 2.23. The van der Waals surface area contributed by atoms with Gasteiger partial charge in [-0.25, -0.2) is 0 Å². The molecule has 1 N–H and O–H groups in total. The normalized spacial score (nSPS) is 24.5. The fourth-order valence-electron chi connectivity index (χ4n) is 3.40. The molecule has 0 aliphatic carbocycles. The first-order valence-electron chi connectivity index (χ1n) is 8.17. The van der Waals surface area contributed by atoms with Crippen molar-refractivity contribution in [3.63, 3.8) is 0 Å². The summed E-state index contributed by atoms with van der Waals surface area (Å²) in [5.41, 5.74) is 1.33. The lowest BCUT2D eigenvalue weighted by Crippen LogP contribution is -2.53. The Labute approximate surface area is 141 Å². The van der Waals surface area contributed by atoms with Gasteiger partial charge in [-0.1, -0.05) is 28.1 Å². The molecule has 2 atom stereocenters. The van der Waals surface area contributed by atoms with Gasteiger partial charge in [0.15, 0.2) is 0 Å². The van der Waals surface area contributed by atoms with Crippen molar-refractivity contribution in [1.29, 1.82) is 0 Å². The van der Waals surface area contributed by atoms with Crippen LogP contribution in [0.1, 0.15) is 31.4 Å². The van der Waals surface area contributed by atoms with E-state index in [1.54, 1.807) is 0 Å². The summed E-state index contributed by atoms with van der Waals surface area (Å²) in [7, 11) is 0. The molecule has 0 aromatic heterocycles. The van der Waals surface area contributed by atoms with Gasteiger partial charge in [0.1, 0.15) is 0 Å². The SMILES string of the molecule is CC(c1ccc(Br)cc1)N1CCN(C(=O)C2CCCN2)CC1. The monoisotopic (exact) mass is 365 g/mol. The van der Waals surface area contributed by atoms with E-state index in [2.05, 4.69) is 57.3 Å². The molecule has 120 valence electrons. The van der Waals surface area contributed by atoms with Crippen molar-refractivity contribution >= 4 is 21.8 Å². The van der Waals surface area contributed by atoms with E-state index in [1.807, 2.05) is 4.90 Å². The third kappa shape index (κ3) is 3.53. The van der Waals surface area contributed by atoms with Crippen molar-refractivity contribution in [2.45, 2.75) is 31.8 Å². The highest BCUT2D eigenvalue weighted by Gasteiger charge is 2.30. The summed E-state index contributed by atoms with van der Waals surface area (Å²) >= 11 is 3.48. The van der Waals surface area contributed by atoms with Crippen LogP contribution < -0.4 is 5.32 Å². The van der Waals surface area contributed by atoms with Gasteiger partial charge in [0, 0.05) is 36.7 Å². The van der Waals surface area contributed by atoms with E-state index in [0.717, 1.165) is 50.0 Å². The van der Waals surface area contributed by atoms with Gasteiger partial charge >= 0.3 is 0 Å². The Balaban J connectivity index is 1.54. The van der Waals surface area contributed by atoms with Crippen molar-refractivity contribution < 1.29 is 4.79 Å². The molecule has 2 unspecified atom stereocenters. The number of amides is 1. The van der Waals surface area contributed by atoms with Crippen molar-refractivity contribution in [2.24, 2.45) is 0 Å². The number of benzene rings is 1. The molecule has 2 fully saturated rings. The highest BCUT2D eigenvalue weighted by molar-refractivity contribution is 9.10. The topological polar surface area (TPSA) is 35.6 Å². The van der Waals surface area contributed by atoms with Crippen LogP contribution in [0.3, 0.4) is 0 Å². The fraction of sp³-hybridized carbons (Fsp3) is 0.588. The van der Waals surface area contributed by atoms with E-state index in [-0.39, 0.29) is 6.04 Å². The molecule has 22 heavy (non-hydrogen) atoms. The third-order valence-corrected chi connectivity index (χ3v) is 5.41. The number of halogens is 1. The molecule has 0 saturated carbocycles. The summed E-state index contributed by atoms with van der Waals surface area (Å²) in [6.45, 7) is 6.83. The minimum Gasteiger partial charge on any atom is -0.339 e. The molecule has 2 heterocycles. The summed E-state index contributed by atoms with van der Waals surface area (Å²) in [4.78, 5) is 16.9. The predicted octanol–water partition coefficient (Wildman–Crippen LogP) is 2.41. The molecular weight excluding hydrogens is 342 g/mol. The van der Waals surface area contributed by atoms with Crippen LogP contribution in [0.4, 0.5) is 0 Å². The van der Waals surface area contributed by atoms with Gasteiger partial charge in [-0.3, -0.25) is 9.69 Å². The Morgan fingerprint density at radius 3 is 2.50 bits per heavy atom. The van der Waals surface area contributed by atoms with Crippen LogP contribution in [0.25, 0.3) is 0 Å². The van der Waals surface area contributed by atoms with E-state index in [0.29, 0.717) is 11.9 Å². The first-order valence-corrected chi connectivity index (χ1v) is 8.96. The maximum atomic E-state index is 12.4. The maximum absolute atomic E-state index is 12.4. The van der Waals surface area contributed by atoms with Crippen LogP contribution >= 0.6 is 15.9 Å². The second-order valence-corrected chi connectivity index (χ2v) is 7.15. The molecule has 1 aromatic carbocycles. The van der Waals surface area contributed by atoms with Gasteiger partial charge in [0.25, 0.3) is 0 Å². The zero-order valence-electron chi connectivity index (χ0n) is 13.1. The molecular formula is C17H24BrN3O. The van der Waals surface area contributed by atoms with Gasteiger partial charge in [-0.15, -0.1) is 0 Å². The standard InChI is InChI=1S/C17H24BrN3O/c1-13(14-4-6-15(18)7-5-14)20-9-11-21(12-10-20)17(22)16-3-2-8-19-16/h4-7,13,16,19H,2-3,8-12H2,1H3. The highest BCUT2D eigenvalue weighted by atomic mass is 79.9. The fourth-order valence-corrected chi connectivity index (χ4v) is 3.66. The second-order valence-electron chi connectivity index (χ2n) is 6.24. The van der Waals surface area contributed by atoms with Crippen molar-refractivity contribution in [2.75, 3.05) is 32.7 Å². The Hall–Kier alpha value is -0.910. The largest absolute Gasteiger partial charge is 0.339 e. The van der Waals surface area contributed by atoms with E-state index in [1.165, 1.54) is 5.56 Å². The van der Waals surface area contributed by atoms with E-state index in [9.17, 15) is 4.79 Å². The lowest BCUT2D eigenvalue weighted by atomic mass is 10.1. The van der Waals surface area contributed by atoms with Crippen LogP contribution in [-0.4, -0.2) is 54.5 Å². The lowest BCUT2D eigenvalue weighted by Gasteiger charge is -2.39. The molecule has 3 rings (SSSR count). The Bertz CT molecular complexity index is 505. The maximum Gasteiger partial charge on any atom is 0.239 e. The third-order valence-electron chi connectivity index (χ3n) is 4.88. The zero-order chi connectivity index (χ0) is 15.5. The predicted molar refractivity (Wildman–Crippen MR) is 91.7 cm³/mol. The summed E-state index contributed by atoms with van der Waals surface area (Å²) in [6.07, 6.45) is 2.12. The minimum absolute atomic E-state index is 0.0652. The van der Waals surface area contributed by atoms with Crippen molar-refractivity contribution in [3.8, 4) is 0 Å². The van der Waals surface area contributed by atoms with E-state index in [4.69, 9.17) is 0 Å². The molecule has 2 aliphatic heterocycles. The summed E-state index contributed by atoms with van der Waals surface area (Å²) in [5.74, 6) is 0.299. The Morgan fingerprint density at radius 1 is 1.23 bits per heavy atom. The number of nitrogens with one attached hydrogen (secondary N) is 1. The van der Waals surface area contributed by atoms with E-state index >= 15 is 0 Å². The molecule has 2 aliphatic rings. The zero-order valence-corrected chi connectivity index (χ0v) is 14.7. The second kappa shape index (κ2) is 7.11. The summed E-state index contributed by atoms with van der Waals surface area (Å²) < 4.78 is 1.11. The Morgan fingerprint density at radius 2 is 1.91 bits per heavy atom. The number of rotatable bonds is 3. The lowest BCUT2D eigenvalue weighted by molar-refractivity contribution is -0.135. The van der Waals surface area contributed by atoms with Crippen LogP contribution in [-0.2, 0) is 4.79 Å². The van der Waals surface area contributed by atoms with Gasteiger partial charge in [0.2, 0.25) is 5.91 Å². The van der Waals surface area contributed by atoms with Crippen LogP contribution in [0.2, 0.25) is 0 Å². The number of nitrogens with zero attached hydrogens (tertiary/aromatic N) is 2. The first kappa shape index (κ1) is 16.0. The van der Waals surface area contributed by atoms with Gasteiger partial charge in [0.05, 0.1) is 6.04 Å². The average Bonchev–Trinajstić information content (AvgIpc) is 3.09. The summed E-state index contributed by atoms with van der Waals surface area (Å²) in [5, 5.41) is 3.31. The van der Waals surface area contributed by atoms with Gasteiger partial charge in [-0.05, 0) is 44.0 Å².